The lowest BCUT2D eigenvalue weighted by molar-refractivity contribution is -0.00450. The minimum atomic E-state index is -0.572. The number of carbonyl (C=O) groups is 1. The van der Waals surface area contributed by atoms with Crippen molar-refractivity contribution in [3.63, 3.8) is 0 Å². The summed E-state index contributed by atoms with van der Waals surface area (Å²) in [6.45, 7) is 7.40. The monoisotopic (exact) mass is 320 g/mol. The third-order valence-corrected chi connectivity index (χ3v) is 4.13. The SMILES string of the molecule is CC(C)(C)OC(=O)N1CCC[C@]1(CO)CNCc1ccccc1. The highest BCUT2D eigenvalue weighted by Gasteiger charge is 2.44. The van der Waals surface area contributed by atoms with Crippen molar-refractivity contribution in [2.75, 3.05) is 19.7 Å². The second kappa shape index (κ2) is 7.32. The van der Waals surface area contributed by atoms with Gasteiger partial charge in [-0.1, -0.05) is 30.3 Å². The number of carbonyl (C=O) groups excluding carboxylic acids is 1. The van der Waals surface area contributed by atoms with E-state index in [1.807, 2.05) is 39.0 Å². The largest absolute Gasteiger partial charge is 0.444 e. The average molecular weight is 320 g/mol. The van der Waals surface area contributed by atoms with Crippen LogP contribution in [0.25, 0.3) is 0 Å². The molecule has 2 N–H and O–H groups in total. The van der Waals surface area contributed by atoms with E-state index in [0.29, 0.717) is 19.6 Å². The first-order valence-corrected chi connectivity index (χ1v) is 8.22. The quantitative estimate of drug-likeness (QED) is 0.875. The number of ether oxygens (including phenoxy) is 1. The molecule has 0 aromatic heterocycles. The van der Waals surface area contributed by atoms with Crippen molar-refractivity contribution in [2.24, 2.45) is 0 Å². The summed E-state index contributed by atoms with van der Waals surface area (Å²) >= 11 is 0. The van der Waals surface area contributed by atoms with E-state index in [-0.39, 0.29) is 12.7 Å². The van der Waals surface area contributed by atoms with Crippen LogP contribution in [0, 0.1) is 0 Å². The second-order valence-corrected chi connectivity index (χ2v) is 7.21. The highest BCUT2D eigenvalue weighted by Crippen LogP contribution is 2.30. The number of aliphatic hydroxyl groups is 1. The Morgan fingerprint density at radius 2 is 2.04 bits per heavy atom. The molecular weight excluding hydrogens is 292 g/mol. The van der Waals surface area contributed by atoms with Crippen LogP contribution in [0.15, 0.2) is 30.3 Å². The Morgan fingerprint density at radius 3 is 2.65 bits per heavy atom. The van der Waals surface area contributed by atoms with Crippen molar-refractivity contribution < 1.29 is 14.6 Å². The summed E-state index contributed by atoms with van der Waals surface area (Å²) in [6.07, 6.45) is 1.32. The molecule has 5 nitrogen and oxygen atoms in total. The van der Waals surface area contributed by atoms with Gasteiger partial charge in [0.25, 0.3) is 0 Å². The maximum Gasteiger partial charge on any atom is 0.410 e. The number of likely N-dealkylation sites (tertiary alicyclic amines) is 1. The Labute approximate surface area is 138 Å². The lowest BCUT2D eigenvalue weighted by atomic mass is 9.97. The molecule has 128 valence electrons. The normalized spacial score (nSPS) is 21.5. The lowest BCUT2D eigenvalue weighted by Crippen LogP contribution is -2.56. The smallest absolute Gasteiger partial charge is 0.410 e. The van der Waals surface area contributed by atoms with E-state index in [4.69, 9.17) is 4.74 Å². The molecule has 23 heavy (non-hydrogen) atoms. The molecule has 2 rings (SSSR count). The minimum absolute atomic E-state index is 0.0615. The number of nitrogens with zero attached hydrogens (tertiary/aromatic N) is 1. The van der Waals surface area contributed by atoms with Gasteiger partial charge in [-0.3, -0.25) is 4.90 Å². The summed E-state index contributed by atoms with van der Waals surface area (Å²) < 4.78 is 5.49. The minimum Gasteiger partial charge on any atom is -0.444 e. The van der Waals surface area contributed by atoms with Crippen molar-refractivity contribution in [1.29, 1.82) is 0 Å². The summed E-state index contributed by atoms with van der Waals surface area (Å²) in [7, 11) is 0. The van der Waals surface area contributed by atoms with Gasteiger partial charge in [0.15, 0.2) is 0 Å². The van der Waals surface area contributed by atoms with E-state index in [1.165, 1.54) is 5.56 Å². The molecule has 1 amide bonds. The van der Waals surface area contributed by atoms with Crippen molar-refractivity contribution >= 4 is 6.09 Å². The molecule has 1 aliphatic rings. The van der Waals surface area contributed by atoms with Crippen molar-refractivity contribution in [3.8, 4) is 0 Å². The molecule has 1 aromatic rings. The van der Waals surface area contributed by atoms with Crippen molar-refractivity contribution in [3.05, 3.63) is 35.9 Å². The number of rotatable bonds is 5. The zero-order chi connectivity index (χ0) is 16.9. The molecule has 1 fully saturated rings. The van der Waals surface area contributed by atoms with Crippen LogP contribution in [0.2, 0.25) is 0 Å². The third kappa shape index (κ3) is 4.69. The molecule has 1 heterocycles. The van der Waals surface area contributed by atoms with Gasteiger partial charge in [-0.05, 0) is 39.2 Å². The Bertz CT molecular complexity index is 513. The Morgan fingerprint density at radius 1 is 1.35 bits per heavy atom. The number of hydrogen-bond donors (Lipinski definition) is 2. The Hall–Kier alpha value is -1.59. The van der Waals surface area contributed by atoms with E-state index >= 15 is 0 Å². The van der Waals surface area contributed by atoms with Crippen LogP contribution in [0.3, 0.4) is 0 Å². The fourth-order valence-electron chi connectivity index (χ4n) is 2.98. The molecule has 0 bridgehead atoms. The number of nitrogens with one attached hydrogen (secondary N) is 1. The van der Waals surface area contributed by atoms with Gasteiger partial charge in [-0.25, -0.2) is 4.79 Å². The van der Waals surface area contributed by atoms with Crippen LogP contribution in [0.1, 0.15) is 39.2 Å². The maximum absolute atomic E-state index is 12.4. The van der Waals surface area contributed by atoms with Crippen molar-refractivity contribution in [2.45, 2.75) is 51.3 Å². The van der Waals surface area contributed by atoms with Gasteiger partial charge < -0.3 is 15.2 Å². The summed E-state index contributed by atoms with van der Waals surface area (Å²) in [5.41, 5.74) is 0.0810. The molecule has 1 saturated heterocycles. The Kier molecular flexibility index (Phi) is 5.65. The van der Waals surface area contributed by atoms with Crippen molar-refractivity contribution in [1.82, 2.24) is 10.2 Å². The molecule has 0 radical (unpaired) electrons. The number of amides is 1. The predicted molar refractivity (Wildman–Crippen MR) is 90.1 cm³/mol. The highest BCUT2D eigenvalue weighted by molar-refractivity contribution is 5.69. The fourth-order valence-corrected chi connectivity index (χ4v) is 2.98. The van der Waals surface area contributed by atoms with Gasteiger partial charge >= 0.3 is 6.09 Å². The molecular formula is C18H28N2O3. The molecule has 1 atom stereocenters. The van der Waals surface area contributed by atoms with E-state index in [0.717, 1.165) is 12.8 Å². The predicted octanol–water partition coefficient (Wildman–Crippen LogP) is 2.54. The third-order valence-electron chi connectivity index (χ3n) is 4.13. The molecule has 1 aliphatic heterocycles. The first-order valence-electron chi connectivity index (χ1n) is 8.22. The van der Waals surface area contributed by atoms with Gasteiger partial charge in [-0.2, -0.15) is 0 Å². The second-order valence-electron chi connectivity index (χ2n) is 7.21. The standard InChI is InChI=1S/C18H28N2O3/c1-17(2,3)23-16(22)20-11-7-10-18(20,14-21)13-19-12-15-8-5-4-6-9-15/h4-6,8-9,19,21H,7,10-14H2,1-3H3/t18-/m1/s1. The number of aliphatic hydroxyl groups excluding tert-OH is 1. The Balaban J connectivity index is 1.98. The van der Waals surface area contributed by atoms with Crippen LogP contribution in [0.4, 0.5) is 4.79 Å². The van der Waals surface area contributed by atoms with Crippen LogP contribution >= 0.6 is 0 Å². The molecule has 0 spiro atoms. The number of hydrogen-bond acceptors (Lipinski definition) is 4. The lowest BCUT2D eigenvalue weighted by Gasteiger charge is -2.38. The van der Waals surface area contributed by atoms with Crippen LogP contribution < -0.4 is 5.32 Å². The fraction of sp³-hybridized carbons (Fsp3) is 0.611. The van der Waals surface area contributed by atoms with E-state index in [9.17, 15) is 9.90 Å². The molecule has 0 saturated carbocycles. The molecule has 0 aliphatic carbocycles. The summed E-state index contributed by atoms with van der Waals surface area (Å²) in [4.78, 5) is 14.1. The van der Waals surface area contributed by atoms with Gasteiger partial charge in [0, 0.05) is 19.6 Å². The maximum atomic E-state index is 12.4. The summed E-state index contributed by atoms with van der Waals surface area (Å²) in [5, 5.41) is 13.3. The zero-order valence-corrected chi connectivity index (χ0v) is 14.3. The van der Waals surface area contributed by atoms with Gasteiger partial charge in [0.05, 0.1) is 12.1 Å². The zero-order valence-electron chi connectivity index (χ0n) is 14.3. The summed E-state index contributed by atoms with van der Waals surface area (Å²) in [6, 6.07) is 10.1. The number of benzene rings is 1. The molecule has 0 unspecified atom stereocenters. The van der Waals surface area contributed by atoms with Gasteiger partial charge in [-0.15, -0.1) is 0 Å². The van der Waals surface area contributed by atoms with Gasteiger partial charge in [0.2, 0.25) is 0 Å². The van der Waals surface area contributed by atoms with Crippen LogP contribution in [0.5, 0.6) is 0 Å². The van der Waals surface area contributed by atoms with E-state index in [1.54, 1.807) is 4.90 Å². The topological polar surface area (TPSA) is 61.8 Å². The average Bonchev–Trinajstić information content (AvgIpc) is 2.91. The van der Waals surface area contributed by atoms with E-state index < -0.39 is 11.1 Å². The first-order chi connectivity index (χ1) is 10.9. The molecule has 5 heteroatoms. The summed E-state index contributed by atoms with van der Waals surface area (Å²) in [5.74, 6) is 0. The van der Waals surface area contributed by atoms with Crippen LogP contribution in [-0.2, 0) is 11.3 Å². The van der Waals surface area contributed by atoms with Gasteiger partial charge in [0.1, 0.15) is 5.60 Å². The highest BCUT2D eigenvalue weighted by atomic mass is 16.6. The first kappa shape index (κ1) is 17.8. The molecule has 1 aromatic carbocycles. The van der Waals surface area contributed by atoms with E-state index in [2.05, 4.69) is 17.4 Å². The van der Waals surface area contributed by atoms with Crippen LogP contribution in [-0.4, -0.2) is 46.9 Å².